The molecule has 0 bridgehead atoms. The largest absolute Gasteiger partial charge is 0.490 e. The normalized spacial score (nSPS) is 14.3. The van der Waals surface area contributed by atoms with Gasteiger partial charge in [0.1, 0.15) is 5.70 Å². The van der Waals surface area contributed by atoms with E-state index in [0.29, 0.717) is 33.8 Å². The van der Waals surface area contributed by atoms with Gasteiger partial charge in [0, 0.05) is 5.69 Å². The van der Waals surface area contributed by atoms with Gasteiger partial charge in [-0.1, -0.05) is 18.2 Å². The van der Waals surface area contributed by atoms with Crippen molar-refractivity contribution in [3.05, 3.63) is 58.2 Å². The Morgan fingerprint density at radius 1 is 1.14 bits per heavy atom. The topological polar surface area (TPSA) is 106 Å². The Morgan fingerprint density at radius 3 is 2.55 bits per heavy atom. The summed E-state index contributed by atoms with van der Waals surface area (Å²) in [5.41, 5.74) is 1.40. The second-order valence-electron chi connectivity index (χ2n) is 5.93. The zero-order valence-corrected chi connectivity index (χ0v) is 17.0. The van der Waals surface area contributed by atoms with Crippen LogP contribution in [0.15, 0.2) is 52.6 Å². The van der Waals surface area contributed by atoms with Crippen molar-refractivity contribution >= 4 is 45.5 Å². The van der Waals surface area contributed by atoms with E-state index in [4.69, 9.17) is 9.47 Å². The van der Waals surface area contributed by atoms with Gasteiger partial charge in [-0.05, 0) is 58.8 Å². The Labute approximate surface area is 175 Å². The molecular weight excluding hydrogens is 442 g/mol. The zero-order chi connectivity index (χ0) is 20.8. The second kappa shape index (κ2) is 9.24. The molecule has 1 heterocycles. The van der Waals surface area contributed by atoms with Crippen LogP contribution in [0.4, 0.5) is 10.5 Å². The third-order valence-electron chi connectivity index (χ3n) is 3.77. The molecule has 29 heavy (non-hydrogen) atoms. The lowest BCUT2D eigenvalue weighted by Gasteiger charge is -2.15. The summed E-state index contributed by atoms with van der Waals surface area (Å²) < 4.78 is 11.8. The quantitative estimate of drug-likeness (QED) is 0.435. The number of halogens is 1. The molecule has 0 unspecified atom stereocenters. The number of benzene rings is 2. The van der Waals surface area contributed by atoms with Gasteiger partial charge in [0.2, 0.25) is 0 Å². The third-order valence-corrected chi connectivity index (χ3v) is 4.36. The van der Waals surface area contributed by atoms with E-state index >= 15 is 0 Å². The molecule has 1 aliphatic heterocycles. The Bertz CT molecular complexity index is 976. The third kappa shape index (κ3) is 5.35. The number of para-hydroxylation sites is 1. The van der Waals surface area contributed by atoms with Gasteiger partial charge < -0.3 is 20.1 Å². The summed E-state index contributed by atoms with van der Waals surface area (Å²) in [5.74, 6) is -0.0767. The van der Waals surface area contributed by atoms with Crippen molar-refractivity contribution in [1.29, 1.82) is 0 Å². The number of anilines is 1. The number of nitrogens with one attached hydrogen (secondary N) is 3. The fourth-order valence-electron chi connectivity index (χ4n) is 2.58. The van der Waals surface area contributed by atoms with E-state index in [1.54, 1.807) is 24.3 Å². The van der Waals surface area contributed by atoms with Crippen molar-refractivity contribution in [3.8, 4) is 11.5 Å². The summed E-state index contributed by atoms with van der Waals surface area (Å²) in [7, 11) is 0. The number of ether oxygens (including phenoxy) is 2. The predicted molar refractivity (Wildman–Crippen MR) is 111 cm³/mol. The maximum atomic E-state index is 12.1. The highest BCUT2D eigenvalue weighted by Crippen LogP contribution is 2.37. The van der Waals surface area contributed by atoms with Crippen LogP contribution < -0.4 is 25.4 Å². The molecule has 0 radical (unpaired) electrons. The van der Waals surface area contributed by atoms with Gasteiger partial charge in [-0.25, -0.2) is 4.79 Å². The van der Waals surface area contributed by atoms with Gasteiger partial charge in [0.05, 0.1) is 11.1 Å². The smallest absolute Gasteiger partial charge is 0.326 e. The van der Waals surface area contributed by atoms with Crippen molar-refractivity contribution in [2.45, 2.75) is 6.92 Å². The number of imide groups is 1. The highest BCUT2D eigenvalue weighted by atomic mass is 79.9. The average molecular weight is 460 g/mol. The standard InChI is InChI=1S/C20H18BrN3O5/c1-2-28-16-10-12(9-15-19(26)24-20(27)23-15)8-14(21)18(16)29-11-17(25)22-13-6-4-3-5-7-13/h3-10H,2,11H2,1H3,(H,22,25)(H2,23,24,26,27). The number of amides is 4. The van der Waals surface area contributed by atoms with E-state index in [1.807, 2.05) is 25.1 Å². The van der Waals surface area contributed by atoms with E-state index in [-0.39, 0.29) is 18.2 Å². The molecule has 0 spiro atoms. The lowest BCUT2D eigenvalue weighted by molar-refractivity contribution is -0.118. The SMILES string of the molecule is CCOc1cc(C=C2NC(=O)NC2=O)cc(Br)c1OCC(=O)Nc1ccccc1. The van der Waals surface area contributed by atoms with Gasteiger partial charge in [0.15, 0.2) is 18.1 Å². The van der Waals surface area contributed by atoms with Crippen molar-refractivity contribution in [1.82, 2.24) is 10.6 Å². The van der Waals surface area contributed by atoms with Gasteiger partial charge in [0.25, 0.3) is 11.8 Å². The predicted octanol–water partition coefficient (Wildman–Crippen LogP) is 3.05. The number of hydrogen-bond donors (Lipinski definition) is 3. The molecule has 3 N–H and O–H groups in total. The first kappa shape index (κ1) is 20.4. The molecule has 0 aliphatic carbocycles. The first-order valence-electron chi connectivity index (χ1n) is 8.74. The Hall–Kier alpha value is -3.33. The number of urea groups is 1. The highest BCUT2D eigenvalue weighted by molar-refractivity contribution is 9.10. The molecule has 4 amide bonds. The Kier molecular flexibility index (Phi) is 6.50. The maximum Gasteiger partial charge on any atom is 0.326 e. The van der Waals surface area contributed by atoms with Crippen LogP contribution in [-0.4, -0.2) is 31.1 Å². The summed E-state index contributed by atoms with van der Waals surface area (Å²) >= 11 is 3.41. The summed E-state index contributed by atoms with van der Waals surface area (Å²) in [5, 5.41) is 7.30. The Balaban J connectivity index is 1.76. The number of rotatable bonds is 7. The number of carbonyl (C=O) groups is 3. The number of carbonyl (C=O) groups excluding carboxylic acids is 3. The molecule has 1 saturated heterocycles. The fourth-order valence-corrected chi connectivity index (χ4v) is 3.15. The first-order valence-corrected chi connectivity index (χ1v) is 9.53. The van der Waals surface area contributed by atoms with Crippen LogP contribution in [0, 0.1) is 0 Å². The van der Waals surface area contributed by atoms with Crippen LogP contribution in [0.25, 0.3) is 6.08 Å². The molecule has 0 aromatic heterocycles. The van der Waals surface area contributed by atoms with E-state index in [0.717, 1.165) is 0 Å². The minimum atomic E-state index is -0.574. The molecule has 0 atom stereocenters. The zero-order valence-electron chi connectivity index (χ0n) is 15.5. The van der Waals surface area contributed by atoms with Crippen LogP contribution in [0.1, 0.15) is 12.5 Å². The molecule has 2 aromatic carbocycles. The molecule has 3 rings (SSSR count). The molecule has 8 nitrogen and oxygen atoms in total. The summed E-state index contributed by atoms with van der Waals surface area (Å²) in [6, 6.07) is 11.8. The number of hydrogen-bond acceptors (Lipinski definition) is 5. The van der Waals surface area contributed by atoms with Crippen LogP contribution >= 0.6 is 15.9 Å². The summed E-state index contributed by atoms with van der Waals surface area (Å²) in [4.78, 5) is 35.1. The molecule has 9 heteroatoms. The van der Waals surface area contributed by atoms with Crippen LogP contribution in [0.3, 0.4) is 0 Å². The second-order valence-corrected chi connectivity index (χ2v) is 6.79. The Morgan fingerprint density at radius 2 is 1.90 bits per heavy atom. The van der Waals surface area contributed by atoms with Crippen molar-refractivity contribution < 1.29 is 23.9 Å². The minimum Gasteiger partial charge on any atom is -0.490 e. The van der Waals surface area contributed by atoms with E-state index in [1.165, 1.54) is 6.08 Å². The molecule has 1 aliphatic rings. The van der Waals surface area contributed by atoms with Crippen LogP contribution in [-0.2, 0) is 9.59 Å². The van der Waals surface area contributed by atoms with Gasteiger partial charge in [-0.2, -0.15) is 0 Å². The molecule has 0 saturated carbocycles. The fraction of sp³-hybridized carbons (Fsp3) is 0.150. The summed E-state index contributed by atoms with van der Waals surface area (Å²) in [6.45, 7) is 1.97. The first-order chi connectivity index (χ1) is 14.0. The molecule has 1 fully saturated rings. The van der Waals surface area contributed by atoms with Crippen molar-refractivity contribution in [2.75, 3.05) is 18.5 Å². The van der Waals surface area contributed by atoms with E-state index in [9.17, 15) is 14.4 Å². The summed E-state index contributed by atoms with van der Waals surface area (Å²) in [6.07, 6.45) is 1.51. The van der Waals surface area contributed by atoms with Crippen LogP contribution in [0.2, 0.25) is 0 Å². The van der Waals surface area contributed by atoms with Crippen LogP contribution in [0.5, 0.6) is 11.5 Å². The highest BCUT2D eigenvalue weighted by Gasteiger charge is 2.23. The average Bonchev–Trinajstić information content (AvgIpc) is 2.99. The van der Waals surface area contributed by atoms with Crippen molar-refractivity contribution in [3.63, 3.8) is 0 Å². The minimum absolute atomic E-state index is 0.125. The van der Waals surface area contributed by atoms with E-state index in [2.05, 4.69) is 31.9 Å². The monoisotopic (exact) mass is 459 g/mol. The van der Waals surface area contributed by atoms with Gasteiger partial charge in [-0.3, -0.25) is 14.9 Å². The van der Waals surface area contributed by atoms with Gasteiger partial charge >= 0.3 is 6.03 Å². The maximum absolute atomic E-state index is 12.1. The van der Waals surface area contributed by atoms with E-state index < -0.39 is 11.9 Å². The lowest BCUT2D eigenvalue weighted by Crippen LogP contribution is -2.22. The lowest BCUT2D eigenvalue weighted by atomic mass is 10.1. The molecule has 2 aromatic rings. The molecular formula is C20H18BrN3O5. The van der Waals surface area contributed by atoms with Crippen molar-refractivity contribution in [2.24, 2.45) is 0 Å². The van der Waals surface area contributed by atoms with Gasteiger partial charge in [-0.15, -0.1) is 0 Å². The molecule has 150 valence electrons.